The van der Waals surface area contributed by atoms with E-state index in [2.05, 4.69) is 4.72 Å². The quantitative estimate of drug-likeness (QED) is 0.763. The van der Waals surface area contributed by atoms with E-state index in [-0.39, 0.29) is 24.1 Å². The summed E-state index contributed by atoms with van der Waals surface area (Å²) in [4.78, 5) is 11.1. The van der Waals surface area contributed by atoms with Crippen molar-refractivity contribution in [3.8, 4) is 0 Å². The molecule has 1 rings (SSSR count). The van der Waals surface area contributed by atoms with E-state index in [4.69, 9.17) is 5.11 Å². The molecule has 0 fully saturated rings. The maximum atomic E-state index is 11.7. The third-order valence-electron chi connectivity index (χ3n) is 2.38. The molecule has 0 spiro atoms. The highest BCUT2D eigenvalue weighted by Gasteiger charge is 2.15. The highest BCUT2D eigenvalue weighted by atomic mass is 32.2. The zero-order chi connectivity index (χ0) is 13.8. The molecule has 0 saturated heterocycles. The smallest absolute Gasteiger partial charge is 0.233 e. The molecule has 1 aromatic rings. The van der Waals surface area contributed by atoms with Gasteiger partial charge < -0.3 is 5.11 Å². The standard InChI is InChI=1S/C12H17NO4S/c1-9(7-14)8-18(16,17)13-12-5-3-11(4-6-12)10(2)15/h3-6,9,13-14H,7-8H2,1-2H3. The Balaban J connectivity index is 2.75. The molecule has 0 bridgehead atoms. The predicted molar refractivity (Wildman–Crippen MR) is 70.1 cm³/mol. The molecular weight excluding hydrogens is 254 g/mol. The van der Waals surface area contributed by atoms with Crippen molar-refractivity contribution >= 4 is 21.5 Å². The normalized spacial score (nSPS) is 13.1. The lowest BCUT2D eigenvalue weighted by Gasteiger charge is -2.11. The zero-order valence-electron chi connectivity index (χ0n) is 10.4. The molecule has 1 aromatic carbocycles. The Hall–Kier alpha value is -1.40. The van der Waals surface area contributed by atoms with Crippen LogP contribution in [0.3, 0.4) is 0 Å². The van der Waals surface area contributed by atoms with Crippen molar-refractivity contribution in [1.82, 2.24) is 0 Å². The zero-order valence-corrected chi connectivity index (χ0v) is 11.2. The average molecular weight is 271 g/mol. The molecule has 0 aliphatic rings. The Morgan fingerprint density at radius 2 is 1.89 bits per heavy atom. The average Bonchev–Trinajstić information content (AvgIpc) is 2.28. The lowest BCUT2D eigenvalue weighted by Crippen LogP contribution is -2.23. The van der Waals surface area contributed by atoms with Gasteiger partial charge in [0, 0.05) is 17.9 Å². The van der Waals surface area contributed by atoms with Gasteiger partial charge in [0.2, 0.25) is 10.0 Å². The number of rotatable bonds is 6. The molecule has 0 amide bonds. The minimum absolute atomic E-state index is 0.0710. The first-order chi connectivity index (χ1) is 8.34. The number of carbonyl (C=O) groups excluding carboxylic acids is 1. The van der Waals surface area contributed by atoms with Crippen LogP contribution in [0.5, 0.6) is 0 Å². The van der Waals surface area contributed by atoms with Crippen LogP contribution >= 0.6 is 0 Å². The van der Waals surface area contributed by atoms with E-state index in [1.165, 1.54) is 19.1 Å². The monoisotopic (exact) mass is 271 g/mol. The summed E-state index contributed by atoms with van der Waals surface area (Å²) in [6.45, 7) is 2.92. The van der Waals surface area contributed by atoms with Gasteiger partial charge in [-0.2, -0.15) is 0 Å². The SMILES string of the molecule is CC(=O)c1ccc(NS(=O)(=O)CC(C)CO)cc1. The van der Waals surface area contributed by atoms with Crippen molar-refractivity contribution in [2.45, 2.75) is 13.8 Å². The maximum absolute atomic E-state index is 11.7. The first-order valence-corrected chi connectivity index (χ1v) is 7.21. The number of aliphatic hydroxyl groups excluding tert-OH is 1. The molecule has 0 aromatic heterocycles. The second kappa shape index (κ2) is 5.97. The van der Waals surface area contributed by atoms with Crippen LogP contribution in [0.25, 0.3) is 0 Å². The maximum Gasteiger partial charge on any atom is 0.233 e. The number of aliphatic hydroxyl groups is 1. The van der Waals surface area contributed by atoms with Crippen LogP contribution in [0, 0.1) is 5.92 Å². The van der Waals surface area contributed by atoms with Crippen LogP contribution in [-0.4, -0.2) is 31.7 Å². The van der Waals surface area contributed by atoms with E-state index >= 15 is 0 Å². The molecular formula is C12H17NO4S. The predicted octanol–water partition coefficient (Wildman–Crippen LogP) is 1.26. The third-order valence-corrected chi connectivity index (χ3v) is 3.93. The summed E-state index contributed by atoms with van der Waals surface area (Å²) in [5.41, 5.74) is 0.937. The van der Waals surface area contributed by atoms with Crippen LogP contribution in [0.15, 0.2) is 24.3 Å². The Bertz CT molecular complexity index is 507. The molecule has 18 heavy (non-hydrogen) atoms. The first-order valence-electron chi connectivity index (χ1n) is 5.56. The fourth-order valence-electron chi connectivity index (χ4n) is 1.42. The number of benzene rings is 1. The summed E-state index contributed by atoms with van der Waals surface area (Å²) in [7, 11) is -3.47. The molecule has 2 N–H and O–H groups in total. The second-order valence-electron chi connectivity index (χ2n) is 4.30. The number of ketones is 1. The van der Waals surface area contributed by atoms with E-state index in [9.17, 15) is 13.2 Å². The number of Topliss-reactive ketones (excluding diaryl/α,β-unsaturated/α-hetero) is 1. The van der Waals surface area contributed by atoms with E-state index in [0.29, 0.717) is 11.3 Å². The molecule has 0 saturated carbocycles. The van der Waals surface area contributed by atoms with Crippen molar-refractivity contribution in [3.63, 3.8) is 0 Å². The molecule has 0 radical (unpaired) electrons. The Morgan fingerprint density at radius 1 is 1.33 bits per heavy atom. The van der Waals surface area contributed by atoms with Gasteiger partial charge in [-0.1, -0.05) is 6.92 Å². The molecule has 1 atom stereocenters. The van der Waals surface area contributed by atoms with Gasteiger partial charge in [0.05, 0.1) is 5.75 Å². The van der Waals surface area contributed by atoms with Crippen molar-refractivity contribution in [1.29, 1.82) is 0 Å². The number of carbonyl (C=O) groups is 1. The molecule has 100 valence electrons. The van der Waals surface area contributed by atoms with Crippen LogP contribution in [0.4, 0.5) is 5.69 Å². The Labute approximate surface area is 107 Å². The highest BCUT2D eigenvalue weighted by molar-refractivity contribution is 7.92. The van der Waals surface area contributed by atoms with E-state index in [1.54, 1.807) is 19.1 Å². The molecule has 5 nitrogen and oxygen atoms in total. The van der Waals surface area contributed by atoms with E-state index in [1.807, 2.05) is 0 Å². The summed E-state index contributed by atoms with van der Waals surface area (Å²) in [6, 6.07) is 6.21. The summed E-state index contributed by atoms with van der Waals surface area (Å²) < 4.78 is 25.8. The molecule has 1 unspecified atom stereocenters. The number of sulfonamides is 1. The minimum atomic E-state index is -3.47. The number of anilines is 1. The molecule has 0 aliphatic heterocycles. The van der Waals surface area contributed by atoms with Crippen LogP contribution in [-0.2, 0) is 10.0 Å². The summed E-state index contributed by atoms with van der Waals surface area (Å²) in [5.74, 6) is -0.532. The number of nitrogens with one attached hydrogen (secondary N) is 1. The Morgan fingerprint density at radius 3 is 2.33 bits per heavy atom. The highest BCUT2D eigenvalue weighted by Crippen LogP contribution is 2.13. The summed E-state index contributed by atoms with van der Waals surface area (Å²) in [5, 5.41) is 8.83. The van der Waals surface area contributed by atoms with Crippen LogP contribution in [0.1, 0.15) is 24.2 Å². The van der Waals surface area contributed by atoms with Crippen molar-refractivity contribution in [2.75, 3.05) is 17.1 Å². The molecule has 0 aliphatic carbocycles. The second-order valence-corrected chi connectivity index (χ2v) is 6.07. The first kappa shape index (κ1) is 14.7. The lowest BCUT2D eigenvalue weighted by atomic mass is 10.1. The van der Waals surface area contributed by atoms with Crippen molar-refractivity contribution in [3.05, 3.63) is 29.8 Å². The lowest BCUT2D eigenvalue weighted by molar-refractivity contribution is 0.101. The topological polar surface area (TPSA) is 83.5 Å². The van der Waals surface area contributed by atoms with Crippen molar-refractivity contribution in [2.24, 2.45) is 5.92 Å². The summed E-state index contributed by atoms with van der Waals surface area (Å²) in [6.07, 6.45) is 0. The number of hydrogen-bond donors (Lipinski definition) is 2. The van der Waals surface area contributed by atoms with Gasteiger partial charge in [0.15, 0.2) is 5.78 Å². The molecule has 0 heterocycles. The number of hydrogen-bond acceptors (Lipinski definition) is 4. The fourth-order valence-corrected chi connectivity index (χ4v) is 2.85. The van der Waals surface area contributed by atoms with Gasteiger partial charge >= 0.3 is 0 Å². The van der Waals surface area contributed by atoms with E-state index in [0.717, 1.165) is 0 Å². The van der Waals surface area contributed by atoms with Gasteiger partial charge in [0.1, 0.15) is 0 Å². The van der Waals surface area contributed by atoms with Gasteiger partial charge in [0.25, 0.3) is 0 Å². The van der Waals surface area contributed by atoms with Gasteiger partial charge in [-0.3, -0.25) is 9.52 Å². The van der Waals surface area contributed by atoms with E-state index < -0.39 is 10.0 Å². The summed E-state index contributed by atoms with van der Waals surface area (Å²) >= 11 is 0. The van der Waals surface area contributed by atoms with Crippen LogP contribution < -0.4 is 4.72 Å². The molecule has 6 heteroatoms. The third kappa shape index (κ3) is 4.46. The van der Waals surface area contributed by atoms with Crippen molar-refractivity contribution < 1.29 is 18.3 Å². The van der Waals surface area contributed by atoms with Gasteiger partial charge in [-0.05, 0) is 37.1 Å². The minimum Gasteiger partial charge on any atom is -0.396 e. The fraction of sp³-hybridized carbons (Fsp3) is 0.417. The largest absolute Gasteiger partial charge is 0.396 e. The Kier molecular flexibility index (Phi) is 4.86. The van der Waals surface area contributed by atoms with Gasteiger partial charge in [-0.25, -0.2) is 8.42 Å². The van der Waals surface area contributed by atoms with Gasteiger partial charge in [-0.15, -0.1) is 0 Å². The van der Waals surface area contributed by atoms with Crippen LogP contribution in [0.2, 0.25) is 0 Å².